The van der Waals surface area contributed by atoms with Gasteiger partial charge in [0.25, 0.3) is 0 Å². The second-order valence-electron chi connectivity index (χ2n) is 24.0. The van der Waals surface area contributed by atoms with Gasteiger partial charge >= 0.3 is 0 Å². The quantitative estimate of drug-likeness (QED) is 0.0519. The van der Waals surface area contributed by atoms with Gasteiger partial charge in [-0.2, -0.15) is 5.10 Å². The number of carbonyl (C=O) groups is 2. The number of nitrogens with zero attached hydrogens (tertiary/aromatic N) is 10. The number of carbonyl (C=O) groups excluding carboxylic acids is 2. The summed E-state index contributed by atoms with van der Waals surface area (Å²) in [4.78, 5) is 42.8. The number of hydrogen-bond donors (Lipinski definition) is 5. The molecule has 81 heavy (non-hydrogen) atoms. The van der Waals surface area contributed by atoms with E-state index < -0.39 is 18.1 Å². The number of aliphatic hydroxyl groups excluding tert-OH is 1. The summed E-state index contributed by atoms with van der Waals surface area (Å²) >= 11 is 1.60. The number of nitrogens with one attached hydrogen (secondary N) is 2. The van der Waals surface area contributed by atoms with E-state index in [0.717, 1.165) is 122 Å². The summed E-state index contributed by atoms with van der Waals surface area (Å²) in [7, 11) is 2.01. The van der Waals surface area contributed by atoms with Gasteiger partial charge in [-0.15, -0.1) is 21.5 Å². The predicted octanol–water partition coefficient (Wildman–Crippen LogP) is 7.90. The monoisotopic (exact) mass is 1120 g/mol. The normalized spacial score (nSPS) is 23.0. The Hall–Kier alpha value is -6.29. The van der Waals surface area contributed by atoms with Crippen LogP contribution in [0.25, 0.3) is 32.8 Å². The van der Waals surface area contributed by atoms with E-state index in [1.807, 2.05) is 106 Å². The van der Waals surface area contributed by atoms with E-state index in [1.165, 1.54) is 30.8 Å². The number of ether oxygens (including phenoxy) is 1. The molecule has 20 heteroatoms. The largest absolute Gasteiger partial charge is 0.507 e. The molecule has 11 rings (SSSR count). The van der Waals surface area contributed by atoms with Crippen LogP contribution in [-0.2, 0) is 14.3 Å². The summed E-state index contributed by atoms with van der Waals surface area (Å²) in [6.07, 6.45) is 12.6. The molecule has 6 N–H and O–H groups in total. The summed E-state index contributed by atoms with van der Waals surface area (Å²) in [5, 5.41) is 45.6. The number of aromatic nitrogens is 6. The highest BCUT2D eigenvalue weighted by Crippen LogP contribution is 2.39. The number of aromatic hydroxyl groups is 1. The number of aliphatic hydroxyl groups is 1. The van der Waals surface area contributed by atoms with Crippen molar-refractivity contribution in [2.45, 2.75) is 128 Å². The van der Waals surface area contributed by atoms with E-state index in [9.17, 15) is 19.8 Å². The molecule has 4 aliphatic heterocycles. The van der Waals surface area contributed by atoms with Gasteiger partial charge in [-0.3, -0.25) is 19.6 Å². The zero-order valence-corrected chi connectivity index (χ0v) is 48.4. The van der Waals surface area contributed by atoms with Crippen LogP contribution in [0.4, 0.5) is 11.6 Å². The third-order valence-corrected chi connectivity index (χ3v) is 19.0. The lowest BCUT2D eigenvalue weighted by Crippen LogP contribution is -2.48. The molecule has 0 spiro atoms. The summed E-state index contributed by atoms with van der Waals surface area (Å²) in [5.41, 5.74) is 13.9. The van der Waals surface area contributed by atoms with Crippen LogP contribution in [0.5, 0.6) is 5.75 Å². The van der Waals surface area contributed by atoms with E-state index in [0.29, 0.717) is 34.6 Å². The second-order valence-corrected chi connectivity index (χ2v) is 24.8. The van der Waals surface area contributed by atoms with Crippen LogP contribution in [0.1, 0.15) is 114 Å². The van der Waals surface area contributed by atoms with Gasteiger partial charge in [-0.05, 0) is 138 Å². The zero-order chi connectivity index (χ0) is 56.3. The molecule has 6 aromatic rings. The van der Waals surface area contributed by atoms with E-state index in [1.54, 1.807) is 23.5 Å². The number of hydrogen-bond acceptors (Lipinski definition) is 17. The Morgan fingerprint density at radius 1 is 0.852 bits per heavy atom. The number of nitrogens with two attached hydrogens (primary N) is 1. The first kappa shape index (κ1) is 56.6. The van der Waals surface area contributed by atoms with Gasteiger partial charge in [0.1, 0.15) is 23.9 Å². The minimum Gasteiger partial charge on any atom is -0.507 e. The molecule has 0 unspecified atom stereocenters. The van der Waals surface area contributed by atoms with Crippen LogP contribution in [0.3, 0.4) is 0 Å². The van der Waals surface area contributed by atoms with Crippen molar-refractivity contribution in [1.82, 2.24) is 55.5 Å². The highest BCUT2D eigenvalue weighted by Gasteiger charge is 2.44. The number of rotatable bonds is 19. The molecule has 5 aliphatic rings. The number of β-amino-alcohol motifs (C(OH)–C–C–N with tert-alkyl or cyclic N) is 1. The topological polar surface area (TPSA) is 229 Å². The summed E-state index contributed by atoms with van der Waals surface area (Å²) in [6.45, 7) is 16.3. The van der Waals surface area contributed by atoms with Crippen molar-refractivity contribution in [2.24, 2.45) is 23.7 Å². The number of thiazole rings is 1. The third-order valence-electron chi connectivity index (χ3n) is 18.0. The van der Waals surface area contributed by atoms with E-state index in [-0.39, 0.29) is 60.9 Å². The minimum atomic E-state index is -0.802. The average Bonchev–Trinajstić information content (AvgIpc) is 4.43. The van der Waals surface area contributed by atoms with E-state index in [2.05, 4.69) is 45.7 Å². The second kappa shape index (κ2) is 25.1. The highest BCUT2D eigenvalue weighted by molar-refractivity contribution is 7.13. The molecule has 5 fully saturated rings. The first-order chi connectivity index (χ1) is 39.2. The van der Waals surface area contributed by atoms with Crippen LogP contribution in [0, 0.1) is 30.6 Å². The van der Waals surface area contributed by atoms with E-state index >= 15 is 0 Å². The number of phenols is 1. The molecule has 4 saturated heterocycles. The van der Waals surface area contributed by atoms with E-state index in [4.69, 9.17) is 20.1 Å². The molecule has 1 saturated carbocycles. The Bertz CT molecular complexity index is 3060. The van der Waals surface area contributed by atoms with Crippen molar-refractivity contribution in [3.05, 3.63) is 95.6 Å². The van der Waals surface area contributed by atoms with Crippen LogP contribution in [0.2, 0.25) is 0 Å². The van der Waals surface area contributed by atoms with Gasteiger partial charge in [0.05, 0.1) is 52.3 Å². The Morgan fingerprint density at radius 3 is 2.19 bits per heavy atom. The van der Waals surface area contributed by atoms with Crippen molar-refractivity contribution in [1.29, 1.82) is 0 Å². The number of likely N-dealkylation sites (tertiary alicyclic amines) is 3. The SMILES string of the molecule is CN[C@H](C1CCN(CC2CC(CN3CCC(OC4CCN(c5cc([C@H](C(=O)N6C[C@H](O)C[C@H]6C(=O)N[C@@H](C)c6ccc(-c7scnc7C)cc6)C(C)C)on5)CC4)CC3)C2)CC1)n1cc(-c2cc(-c3ccccc3O)nnc2N)cn1. The Kier molecular flexibility index (Phi) is 17.5. The first-order valence-corrected chi connectivity index (χ1v) is 30.4. The Morgan fingerprint density at radius 2 is 1.53 bits per heavy atom. The highest BCUT2D eigenvalue weighted by atomic mass is 32.1. The molecule has 0 bridgehead atoms. The Labute approximate surface area is 479 Å². The van der Waals surface area contributed by atoms with Crippen LogP contribution in [-0.4, -0.2) is 157 Å². The van der Waals surface area contributed by atoms with Crippen molar-refractivity contribution >= 4 is 34.8 Å². The molecule has 5 atom stereocenters. The maximum Gasteiger partial charge on any atom is 0.243 e. The first-order valence-electron chi connectivity index (χ1n) is 29.5. The number of nitrogen functional groups attached to an aromatic ring is 1. The van der Waals surface area contributed by atoms with Gasteiger partial charge in [0.2, 0.25) is 11.8 Å². The fourth-order valence-corrected chi connectivity index (χ4v) is 14.2. The molecule has 4 aromatic heterocycles. The van der Waals surface area contributed by atoms with Crippen molar-refractivity contribution in [2.75, 3.05) is 76.6 Å². The van der Waals surface area contributed by atoms with Gasteiger partial charge in [-0.1, -0.05) is 55.4 Å². The zero-order valence-electron chi connectivity index (χ0n) is 47.6. The van der Waals surface area contributed by atoms with Gasteiger partial charge in [0, 0.05) is 81.2 Å². The summed E-state index contributed by atoms with van der Waals surface area (Å²) in [5.74, 6) is 2.37. The number of amides is 2. The standard InChI is InChI=1S/C61H81N13O6S/c1-37(2)56(61(78)73-35-46(75)28-52(73)60(77)66-38(3)42-10-12-43(13-11-42)57-39(4)64-36-81-57)54-30-55(69-80-54)72-24-18-48(19-25-72)79-47-16-22-71(23-17-47)33-41-26-40(27-41)32-70-20-14-44(15-21-70)59(63-5)74-34-45(31-65-74)50-29-51(67-68-58(50)62)49-8-6-7-9-53(49)76/h6-13,29-31,34,36-38,40-41,44,46-48,52,56,59,63,75-76H,14-28,32-33,35H2,1-5H3,(H2,62,68)(H,66,77)/t38-,40?,41?,46+,52-,56+,59-/m0/s1. The van der Waals surface area contributed by atoms with Crippen LogP contribution in [0.15, 0.2) is 83.1 Å². The molecule has 2 amide bonds. The van der Waals surface area contributed by atoms with Gasteiger partial charge in [-0.25, -0.2) is 4.98 Å². The lowest BCUT2D eigenvalue weighted by molar-refractivity contribution is -0.141. The Balaban J connectivity index is 0.580. The molecule has 8 heterocycles. The minimum absolute atomic E-state index is 0.0671. The summed E-state index contributed by atoms with van der Waals surface area (Å²) in [6, 6.07) is 17.9. The molecular weight excluding hydrogens is 1040 g/mol. The van der Waals surface area contributed by atoms with Crippen molar-refractivity contribution in [3.8, 4) is 38.6 Å². The number of phenolic OH excluding ortho intramolecular Hbond substituents is 1. The van der Waals surface area contributed by atoms with Crippen molar-refractivity contribution < 1.29 is 29.1 Å². The van der Waals surface area contributed by atoms with Gasteiger partial charge in [0.15, 0.2) is 17.4 Å². The molecule has 19 nitrogen and oxygen atoms in total. The average molecular weight is 1120 g/mol. The number of benzene rings is 2. The fraction of sp³-hybridized carbons (Fsp3) is 0.557. The third kappa shape index (κ3) is 12.9. The number of aryl methyl sites for hydroxylation is 1. The lowest BCUT2D eigenvalue weighted by Gasteiger charge is -2.44. The molecule has 432 valence electrons. The molecule has 1 aliphatic carbocycles. The summed E-state index contributed by atoms with van der Waals surface area (Å²) < 4.78 is 14.7. The molecule has 0 radical (unpaired) electrons. The number of anilines is 2. The number of piperidine rings is 3. The smallest absolute Gasteiger partial charge is 0.243 e. The lowest BCUT2D eigenvalue weighted by atomic mass is 9.74. The van der Waals surface area contributed by atoms with Crippen LogP contribution >= 0.6 is 11.3 Å². The van der Waals surface area contributed by atoms with Crippen LogP contribution < -0.4 is 21.3 Å². The fourth-order valence-electron chi connectivity index (χ4n) is 13.4. The maximum absolute atomic E-state index is 14.4. The van der Waals surface area contributed by atoms with Crippen molar-refractivity contribution in [3.63, 3.8) is 0 Å². The van der Waals surface area contributed by atoms with Gasteiger partial charge < -0.3 is 50.1 Å². The molecular formula is C61H81N13O6S. The number of para-hydroxylation sites is 1. The maximum atomic E-state index is 14.4. The predicted molar refractivity (Wildman–Crippen MR) is 313 cm³/mol. The molecule has 2 aromatic carbocycles.